The molecule has 1 aromatic rings. The third-order valence-corrected chi connectivity index (χ3v) is 5.25. The summed E-state index contributed by atoms with van der Waals surface area (Å²) in [7, 11) is 0. The standard InChI is InChI=1S/C15H17BrF3N/c16-12-5-4-11(15(17,18)19)8-13(12)20-9-14(10-20)6-2-1-3-7-14/h4-5,8H,1-3,6-7,9-10H2. The second-order valence-corrected chi connectivity index (χ2v) is 6.94. The summed E-state index contributed by atoms with van der Waals surface area (Å²) in [6, 6.07) is 3.90. The molecule has 1 aromatic carbocycles. The Morgan fingerprint density at radius 3 is 2.30 bits per heavy atom. The highest BCUT2D eigenvalue weighted by Crippen LogP contribution is 2.47. The van der Waals surface area contributed by atoms with Gasteiger partial charge in [-0.05, 0) is 47.0 Å². The number of hydrogen-bond acceptors (Lipinski definition) is 1. The van der Waals surface area contributed by atoms with E-state index in [4.69, 9.17) is 0 Å². The average Bonchev–Trinajstić information content (AvgIpc) is 2.36. The maximum Gasteiger partial charge on any atom is 0.416 e. The molecule has 1 aliphatic carbocycles. The Hall–Kier alpha value is -0.710. The molecule has 1 spiro atoms. The minimum Gasteiger partial charge on any atom is -0.369 e. The number of rotatable bonds is 1. The van der Waals surface area contributed by atoms with Gasteiger partial charge >= 0.3 is 6.18 Å². The molecule has 0 amide bonds. The van der Waals surface area contributed by atoms with Gasteiger partial charge in [0.2, 0.25) is 0 Å². The van der Waals surface area contributed by atoms with Crippen LogP contribution in [-0.4, -0.2) is 13.1 Å². The first-order chi connectivity index (χ1) is 9.40. The van der Waals surface area contributed by atoms with E-state index >= 15 is 0 Å². The van der Waals surface area contributed by atoms with E-state index in [0.717, 1.165) is 23.6 Å². The van der Waals surface area contributed by atoms with Crippen LogP contribution in [-0.2, 0) is 6.18 Å². The summed E-state index contributed by atoms with van der Waals surface area (Å²) < 4.78 is 39.1. The van der Waals surface area contributed by atoms with Gasteiger partial charge in [-0.1, -0.05) is 19.3 Å². The van der Waals surface area contributed by atoms with Gasteiger partial charge in [0.15, 0.2) is 0 Å². The molecule has 0 N–H and O–H groups in total. The van der Waals surface area contributed by atoms with Crippen molar-refractivity contribution in [3.05, 3.63) is 28.2 Å². The summed E-state index contributed by atoms with van der Waals surface area (Å²) in [6.07, 6.45) is 1.99. The molecule has 1 nitrogen and oxygen atoms in total. The Kier molecular flexibility index (Phi) is 3.51. The van der Waals surface area contributed by atoms with Crippen molar-refractivity contribution >= 4 is 21.6 Å². The number of nitrogens with zero attached hydrogens (tertiary/aromatic N) is 1. The summed E-state index contributed by atoms with van der Waals surface area (Å²) >= 11 is 3.38. The van der Waals surface area contributed by atoms with E-state index in [2.05, 4.69) is 20.8 Å². The second kappa shape index (κ2) is 4.93. The molecule has 110 valence electrons. The van der Waals surface area contributed by atoms with Crippen molar-refractivity contribution < 1.29 is 13.2 Å². The first-order valence-electron chi connectivity index (χ1n) is 7.01. The summed E-state index contributed by atoms with van der Waals surface area (Å²) in [5.41, 5.74) is 0.475. The topological polar surface area (TPSA) is 3.24 Å². The zero-order valence-corrected chi connectivity index (χ0v) is 12.7. The minimum atomic E-state index is -4.27. The molecule has 1 heterocycles. The van der Waals surface area contributed by atoms with Gasteiger partial charge in [0, 0.05) is 23.0 Å². The van der Waals surface area contributed by atoms with Crippen LogP contribution in [0.25, 0.3) is 0 Å². The van der Waals surface area contributed by atoms with Gasteiger partial charge < -0.3 is 4.90 Å². The molecule has 1 saturated carbocycles. The van der Waals surface area contributed by atoms with Crippen LogP contribution in [0, 0.1) is 5.41 Å². The fraction of sp³-hybridized carbons (Fsp3) is 0.600. The van der Waals surface area contributed by atoms with E-state index in [1.165, 1.54) is 44.2 Å². The van der Waals surface area contributed by atoms with Gasteiger partial charge in [-0.2, -0.15) is 13.2 Å². The lowest BCUT2D eigenvalue weighted by molar-refractivity contribution is -0.137. The Labute approximate surface area is 125 Å². The smallest absolute Gasteiger partial charge is 0.369 e. The Morgan fingerprint density at radius 1 is 1.05 bits per heavy atom. The molecule has 20 heavy (non-hydrogen) atoms. The van der Waals surface area contributed by atoms with Crippen LogP contribution >= 0.6 is 15.9 Å². The quantitative estimate of drug-likeness (QED) is 0.671. The molecule has 1 saturated heterocycles. The summed E-state index contributed by atoms with van der Waals surface area (Å²) in [5.74, 6) is 0. The van der Waals surface area contributed by atoms with Gasteiger partial charge in [0.05, 0.1) is 11.3 Å². The first kappa shape index (κ1) is 14.2. The van der Waals surface area contributed by atoms with Gasteiger partial charge in [0.25, 0.3) is 0 Å². The highest BCUT2D eigenvalue weighted by molar-refractivity contribution is 9.10. The maximum atomic E-state index is 12.8. The Balaban J connectivity index is 1.78. The predicted molar refractivity (Wildman–Crippen MR) is 76.9 cm³/mol. The largest absolute Gasteiger partial charge is 0.416 e. The molecular weight excluding hydrogens is 331 g/mol. The van der Waals surface area contributed by atoms with Crippen molar-refractivity contribution in [2.24, 2.45) is 5.41 Å². The summed E-state index contributed by atoms with van der Waals surface area (Å²) in [4.78, 5) is 2.07. The van der Waals surface area contributed by atoms with Crippen LogP contribution < -0.4 is 4.90 Å². The van der Waals surface area contributed by atoms with Crippen molar-refractivity contribution in [1.82, 2.24) is 0 Å². The molecule has 0 radical (unpaired) electrons. The van der Waals surface area contributed by atoms with E-state index in [1.807, 2.05) is 0 Å². The molecule has 2 fully saturated rings. The van der Waals surface area contributed by atoms with E-state index < -0.39 is 11.7 Å². The van der Waals surface area contributed by atoms with Crippen molar-refractivity contribution in [3.8, 4) is 0 Å². The highest BCUT2D eigenvalue weighted by atomic mass is 79.9. The van der Waals surface area contributed by atoms with E-state index in [-0.39, 0.29) is 0 Å². The van der Waals surface area contributed by atoms with Crippen LogP contribution in [0.4, 0.5) is 18.9 Å². The molecule has 0 atom stereocenters. The van der Waals surface area contributed by atoms with Crippen molar-refractivity contribution in [2.45, 2.75) is 38.3 Å². The number of hydrogen-bond donors (Lipinski definition) is 0. The zero-order chi connectivity index (χ0) is 14.4. The molecule has 2 aliphatic rings. The molecule has 0 bridgehead atoms. The van der Waals surface area contributed by atoms with Crippen LogP contribution in [0.15, 0.2) is 22.7 Å². The number of halogens is 4. The van der Waals surface area contributed by atoms with E-state index in [9.17, 15) is 13.2 Å². The minimum absolute atomic E-state index is 0.367. The van der Waals surface area contributed by atoms with Gasteiger partial charge in [-0.3, -0.25) is 0 Å². The van der Waals surface area contributed by atoms with Crippen molar-refractivity contribution in [3.63, 3.8) is 0 Å². The summed E-state index contributed by atoms with van der Waals surface area (Å²) in [5, 5.41) is 0. The highest BCUT2D eigenvalue weighted by Gasteiger charge is 2.44. The lowest BCUT2D eigenvalue weighted by atomic mass is 9.68. The van der Waals surface area contributed by atoms with E-state index in [0.29, 0.717) is 11.1 Å². The average molecular weight is 348 g/mol. The maximum absolute atomic E-state index is 12.8. The zero-order valence-electron chi connectivity index (χ0n) is 11.1. The van der Waals surface area contributed by atoms with Crippen LogP contribution in [0.5, 0.6) is 0 Å². The number of anilines is 1. The lowest BCUT2D eigenvalue weighted by Gasteiger charge is -2.54. The second-order valence-electron chi connectivity index (χ2n) is 6.08. The first-order valence-corrected chi connectivity index (χ1v) is 7.81. The third kappa shape index (κ3) is 2.57. The van der Waals surface area contributed by atoms with Crippen LogP contribution in [0.1, 0.15) is 37.7 Å². The Bertz CT molecular complexity index is 498. The monoisotopic (exact) mass is 347 g/mol. The van der Waals surface area contributed by atoms with Crippen LogP contribution in [0.2, 0.25) is 0 Å². The normalized spacial score (nSPS) is 21.9. The molecule has 0 aromatic heterocycles. The lowest BCUT2D eigenvalue weighted by Crippen LogP contribution is -2.57. The molecule has 3 rings (SSSR count). The van der Waals surface area contributed by atoms with Gasteiger partial charge in [0.1, 0.15) is 0 Å². The van der Waals surface area contributed by atoms with Gasteiger partial charge in [-0.25, -0.2) is 0 Å². The Morgan fingerprint density at radius 2 is 1.70 bits per heavy atom. The third-order valence-electron chi connectivity index (χ3n) is 4.58. The van der Waals surface area contributed by atoms with Crippen molar-refractivity contribution in [2.75, 3.05) is 18.0 Å². The van der Waals surface area contributed by atoms with Crippen LogP contribution in [0.3, 0.4) is 0 Å². The fourth-order valence-electron chi connectivity index (χ4n) is 3.48. The molecule has 5 heteroatoms. The SMILES string of the molecule is FC(F)(F)c1ccc(Br)c(N2CC3(CCCCC3)C2)c1. The van der Waals surface area contributed by atoms with E-state index in [1.54, 1.807) is 0 Å². The van der Waals surface area contributed by atoms with Gasteiger partial charge in [-0.15, -0.1) is 0 Å². The predicted octanol–water partition coefficient (Wildman–Crippen LogP) is 5.24. The molecular formula is C15H17BrF3N. The summed E-state index contributed by atoms with van der Waals surface area (Å²) in [6.45, 7) is 1.79. The molecule has 0 unspecified atom stereocenters. The molecule has 1 aliphatic heterocycles. The number of benzene rings is 1. The number of alkyl halides is 3. The fourth-order valence-corrected chi connectivity index (χ4v) is 3.98. The van der Waals surface area contributed by atoms with Crippen molar-refractivity contribution in [1.29, 1.82) is 0 Å².